The van der Waals surface area contributed by atoms with Gasteiger partial charge in [0.2, 0.25) is 5.79 Å². The Hall–Kier alpha value is -4.26. The number of fused-ring (bicyclic) bond motifs is 3. The van der Waals surface area contributed by atoms with E-state index in [1.807, 2.05) is 58.1 Å². The zero-order valence-corrected chi connectivity index (χ0v) is 42.5. The van der Waals surface area contributed by atoms with Gasteiger partial charge in [0.25, 0.3) is 11.7 Å². The number of nitrogens with zero attached hydrogens (tertiary/aromatic N) is 5. The summed E-state index contributed by atoms with van der Waals surface area (Å²) in [5.41, 5.74) is 1.27. The van der Waals surface area contributed by atoms with E-state index in [0.29, 0.717) is 56.9 Å². The van der Waals surface area contributed by atoms with Crippen molar-refractivity contribution in [1.29, 1.82) is 0 Å². The number of piperidine rings is 1. The van der Waals surface area contributed by atoms with Crippen molar-refractivity contribution in [2.24, 2.45) is 35.5 Å². The number of esters is 1. The highest BCUT2D eigenvalue weighted by molar-refractivity contribution is 6.39. The molecular formula is C52H79N5O12. The largest absolute Gasteiger partial charge is 0.460 e. The molecule has 69 heavy (non-hydrogen) atoms. The second kappa shape index (κ2) is 25.7. The second-order valence-electron chi connectivity index (χ2n) is 20.4. The van der Waals surface area contributed by atoms with E-state index in [0.717, 1.165) is 18.4 Å². The smallest absolute Gasteiger partial charge is 0.329 e. The highest BCUT2D eigenvalue weighted by Gasteiger charge is 2.53. The minimum Gasteiger partial charge on any atom is -0.460 e. The van der Waals surface area contributed by atoms with Gasteiger partial charge in [-0.3, -0.25) is 19.2 Å². The van der Waals surface area contributed by atoms with Gasteiger partial charge in [-0.2, -0.15) is 0 Å². The number of Topliss-reactive ketones (excluding diaryl/α,β-unsaturated/α-hetero) is 3. The summed E-state index contributed by atoms with van der Waals surface area (Å²) in [6.07, 6.45) is 13.9. The van der Waals surface area contributed by atoms with Crippen molar-refractivity contribution in [3.63, 3.8) is 0 Å². The number of aliphatic hydroxyl groups excluding tert-OH is 1. The van der Waals surface area contributed by atoms with E-state index in [1.165, 1.54) is 12.0 Å². The average Bonchev–Trinajstić information content (AvgIpc) is 3.88. The molecule has 17 nitrogen and oxygen atoms in total. The highest BCUT2D eigenvalue weighted by Crippen LogP contribution is 2.39. The van der Waals surface area contributed by atoms with Gasteiger partial charge in [0, 0.05) is 58.5 Å². The summed E-state index contributed by atoms with van der Waals surface area (Å²) >= 11 is 0. The zero-order chi connectivity index (χ0) is 50.6. The molecule has 1 aromatic heterocycles. The molecule has 5 rings (SSSR count). The van der Waals surface area contributed by atoms with Gasteiger partial charge in [-0.1, -0.05) is 71.1 Å². The number of aliphatic hydroxyl groups is 2. The van der Waals surface area contributed by atoms with Crippen molar-refractivity contribution in [2.45, 2.75) is 180 Å². The van der Waals surface area contributed by atoms with Crippen LogP contribution < -0.4 is 0 Å². The number of allylic oxidation sites excluding steroid dienone is 6. The molecule has 1 amide bonds. The van der Waals surface area contributed by atoms with Crippen LogP contribution in [0.15, 0.2) is 53.9 Å². The SMILES string of the molecule is CO[C@H]1C[C@@H]2CC[C@@H](C)[C@@](O)(O2)C(=O)C(=O)N2CCCC[C@H]2C(=O)O[C@H]([C@@H](C)C[C@@H]2CC[C@H](n3cnnn3)[C@H](OC)C2)CC(=O)[C@H](C)/C=C(\C)[C@@H](O)[C@@H](OC)C(=O)[C@H](C)C[C@H](C)/C=C/C=CC=C1C. The van der Waals surface area contributed by atoms with Gasteiger partial charge in [0.1, 0.15) is 36.5 Å². The molecule has 1 aliphatic carbocycles. The Kier molecular flexibility index (Phi) is 20.8. The molecular weight excluding hydrogens is 887 g/mol. The number of hydrogen-bond donors (Lipinski definition) is 2. The summed E-state index contributed by atoms with van der Waals surface area (Å²) in [7, 11) is 4.62. The summed E-state index contributed by atoms with van der Waals surface area (Å²) in [4.78, 5) is 72.3. The molecule has 2 saturated heterocycles. The third-order valence-corrected chi connectivity index (χ3v) is 15.2. The molecule has 0 radical (unpaired) electrons. The summed E-state index contributed by atoms with van der Waals surface area (Å²) in [5, 5.41) is 35.2. The number of ether oxygens (including phenoxy) is 5. The Morgan fingerprint density at radius 3 is 2.32 bits per heavy atom. The molecule has 384 valence electrons. The Bertz CT molecular complexity index is 2020. The molecule has 0 spiro atoms. The number of aromatic nitrogens is 4. The van der Waals surface area contributed by atoms with Crippen molar-refractivity contribution < 1.29 is 57.9 Å². The molecule has 4 aliphatic rings. The van der Waals surface area contributed by atoms with Crippen LogP contribution in [0.5, 0.6) is 0 Å². The Morgan fingerprint density at radius 2 is 1.64 bits per heavy atom. The van der Waals surface area contributed by atoms with Crippen LogP contribution in [-0.4, -0.2) is 141 Å². The number of carbonyl (C=O) groups excluding carboxylic acids is 5. The standard InChI is InChI=1S/C52H79N5O12/c1-31-16-12-11-13-17-32(2)43(65-8)28-39-21-19-37(7)52(64,69-39)49(61)50(62)56-23-15-14-18-41(56)51(63)68-44(34(4)26-38-20-22-40(45(27-38)66-9)57-30-53-54-55-57)29-42(58)33(3)25-36(6)47(60)48(67-10)46(59)35(5)24-31/h11-13,16-17,25,30-31,33-35,37-41,43-45,47-48,60,64H,14-15,18-24,26-29H2,1-10H3/b13-11?,16-12+,32-17?,36-25+/t31-,33-,34+,35-,37-,38+,39+,40+,41+,43+,44+,45-,47-,48+,52-/m1/s1. The van der Waals surface area contributed by atoms with Gasteiger partial charge in [-0.05, 0) is 117 Å². The van der Waals surface area contributed by atoms with Crippen LogP contribution in [-0.2, 0) is 47.7 Å². The second-order valence-corrected chi connectivity index (χ2v) is 20.4. The number of methoxy groups -OCH3 is 3. The van der Waals surface area contributed by atoms with Crippen LogP contribution in [0.4, 0.5) is 0 Å². The lowest BCUT2D eigenvalue weighted by molar-refractivity contribution is -0.265. The average molecular weight is 966 g/mol. The van der Waals surface area contributed by atoms with E-state index < -0.39 is 77.8 Å². The van der Waals surface area contributed by atoms with Gasteiger partial charge in [-0.15, -0.1) is 5.10 Å². The molecule has 4 heterocycles. The summed E-state index contributed by atoms with van der Waals surface area (Å²) in [6.45, 7) is 12.8. The van der Waals surface area contributed by atoms with Crippen LogP contribution in [0, 0.1) is 35.5 Å². The molecule has 3 aliphatic heterocycles. The summed E-state index contributed by atoms with van der Waals surface area (Å²) in [6, 6.07) is -1.19. The molecule has 1 saturated carbocycles. The number of cyclic esters (lactones) is 1. The Morgan fingerprint density at radius 1 is 0.884 bits per heavy atom. The minimum absolute atomic E-state index is 0.0170. The molecule has 2 bridgehead atoms. The number of ketones is 3. The number of amides is 1. The molecule has 1 aromatic rings. The quantitative estimate of drug-likeness (QED) is 0.181. The van der Waals surface area contributed by atoms with Crippen molar-refractivity contribution in [1.82, 2.24) is 25.1 Å². The maximum absolute atomic E-state index is 14.5. The van der Waals surface area contributed by atoms with Crippen LogP contribution >= 0.6 is 0 Å². The van der Waals surface area contributed by atoms with Crippen LogP contribution in [0.2, 0.25) is 0 Å². The molecule has 0 aromatic carbocycles. The fourth-order valence-corrected chi connectivity index (χ4v) is 10.7. The predicted molar refractivity (Wildman–Crippen MR) is 256 cm³/mol. The molecule has 3 fully saturated rings. The third-order valence-electron chi connectivity index (χ3n) is 15.2. The summed E-state index contributed by atoms with van der Waals surface area (Å²) in [5.74, 6) is -7.92. The number of rotatable bonds is 7. The normalized spacial score (nSPS) is 37.5. The van der Waals surface area contributed by atoms with Crippen LogP contribution in [0.3, 0.4) is 0 Å². The molecule has 17 heteroatoms. The number of hydrogen-bond acceptors (Lipinski definition) is 15. The van der Waals surface area contributed by atoms with E-state index in [4.69, 9.17) is 23.7 Å². The van der Waals surface area contributed by atoms with Gasteiger partial charge in [-0.25, -0.2) is 9.48 Å². The predicted octanol–water partition coefficient (Wildman–Crippen LogP) is 6.05. The lowest BCUT2D eigenvalue weighted by Gasteiger charge is -2.42. The van der Waals surface area contributed by atoms with E-state index in [-0.39, 0.29) is 60.9 Å². The van der Waals surface area contributed by atoms with Crippen molar-refractivity contribution in [3.05, 3.63) is 53.9 Å². The first-order valence-electron chi connectivity index (χ1n) is 25.0. The third kappa shape index (κ3) is 14.2. The molecule has 0 unspecified atom stereocenters. The first kappa shape index (κ1) is 55.7. The van der Waals surface area contributed by atoms with Crippen LogP contribution in [0.25, 0.3) is 0 Å². The van der Waals surface area contributed by atoms with E-state index in [2.05, 4.69) is 15.5 Å². The lowest BCUT2D eigenvalue weighted by Crippen LogP contribution is -2.61. The number of carbonyl (C=O) groups is 5. The fourth-order valence-electron chi connectivity index (χ4n) is 10.7. The maximum Gasteiger partial charge on any atom is 0.329 e. The number of tetrazole rings is 1. The maximum atomic E-state index is 14.5. The summed E-state index contributed by atoms with van der Waals surface area (Å²) < 4.78 is 31.6. The first-order chi connectivity index (χ1) is 32.8. The molecule has 15 atom stereocenters. The van der Waals surface area contributed by atoms with E-state index in [9.17, 15) is 34.2 Å². The zero-order valence-electron chi connectivity index (χ0n) is 42.5. The van der Waals surface area contributed by atoms with Gasteiger partial charge in [0.15, 0.2) is 5.78 Å². The topological polar surface area (TPSA) is 219 Å². The first-order valence-corrected chi connectivity index (χ1v) is 25.0. The minimum atomic E-state index is -2.43. The van der Waals surface area contributed by atoms with E-state index in [1.54, 1.807) is 52.1 Å². The van der Waals surface area contributed by atoms with Gasteiger partial charge in [0.05, 0.1) is 24.4 Å². The highest BCUT2D eigenvalue weighted by atomic mass is 16.6. The van der Waals surface area contributed by atoms with Crippen molar-refractivity contribution in [2.75, 3.05) is 27.9 Å². The Balaban J connectivity index is 1.46. The van der Waals surface area contributed by atoms with Crippen molar-refractivity contribution in [3.8, 4) is 0 Å². The van der Waals surface area contributed by atoms with Gasteiger partial charge >= 0.3 is 5.97 Å². The monoisotopic (exact) mass is 966 g/mol. The van der Waals surface area contributed by atoms with E-state index >= 15 is 0 Å². The Labute approximate surface area is 408 Å². The molecule has 2 N–H and O–H groups in total. The fraction of sp³-hybridized carbons (Fsp3) is 0.731. The van der Waals surface area contributed by atoms with Crippen LogP contribution in [0.1, 0.15) is 132 Å². The lowest BCUT2D eigenvalue weighted by atomic mass is 9.77. The van der Waals surface area contributed by atoms with Gasteiger partial charge < -0.3 is 38.8 Å². The van der Waals surface area contributed by atoms with Crippen molar-refractivity contribution >= 4 is 29.2 Å².